The minimum Gasteiger partial charge on any atom is -0.542 e. The van der Waals surface area contributed by atoms with Crippen LogP contribution in [0.15, 0.2) is 0 Å². The Morgan fingerprint density at radius 1 is 0.429 bits per heavy atom. The van der Waals surface area contributed by atoms with Gasteiger partial charge in [-0.1, -0.05) is 0 Å². The Morgan fingerprint density at radius 3 is 0.657 bits per heavy atom. The predicted octanol–water partition coefficient (Wildman–Crippen LogP) is -4.77. The van der Waals surface area contributed by atoms with Gasteiger partial charge in [0.1, 0.15) is 35.3 Å². The molecule has 35 heavy (non-hydrogen) atoms. The summed E-state index contributed by atoms with van der Waals surface area (Å²) in [5.41, 5.74) is 0. The summed E-state index contributed by atoms with van der Waals surface area (Å²) < 4.78 is 0. The smallest absolute Gasteiger partial charge is 0.542 e. The van der Waals surface area contributed by atoms with Gasteiger partial charge in [-0.25, -0.2) is 0 Å². The molecule has 0 saturated heterocycles. The third-order valence-electron chi connectivity index (χ3n) is 2.80. The molecule has 14 nitrogen and oxygen atoms in total. The van der Waals surface area contributed by atoms with Gasteiger partial charge >= 0.3 is 19.5 Å². The van der Waals surface area contributed by atoms with Gasteiger partial charge in [0.2, 0.25) is 0 Å². The van der Waals surface area contributed by atoms with Gasteiger partial charge in [-0.15, -0.1) is 0 Å². The van der Waals surface area contributed by atoms with Crippen molar-refractivity contribution < 1.29 is 87.5 Å². The first-order chi connectivity index (χ1) is 15.6. The number of Topliss-reactive ketones (excluding diaryl/α,β-unsaturated/α-hetero) is 6. The van der Waals surface area contributed by atoms with Crippen molar-refractivity contribution in [3.63, 3.8) is 0 Å². The van der Waals surface area contributed by atoms with Crippen molar-refractivity contribution in [1.82, 2.24) is 0 Å². The molecule has 0 bridgehead atoms. The molecule has 0 aromatic carbocycles. The fourth-order valence-corrected chi connectivity index (χ4v) is 1.17. The molecule has 0 saturated carbocycles. The Balaban J connectivity index is -0.0000000827. The van der Waals surface area contributed by atoms with Crippen LogP contribution in [0.2, 0.25) is 0 Å². The summed E-state index contributed by atoms with van der Waals surface area (Å²) in [7, 11) is 0. The van der Waals surface area contributed by atoms with Crippen LogP contribution in [-0.4, -0.2) is 66.2 Å². The van der Waals surface area contributed by atoms with E-state index in [-0.39, 0.29) is 75.4 Å². The van der Waals surface area contributed by atoms with Gasteiger partial charge in [-0.3, -0.25) is 24.0 Å². The molecular formula is C20H21O14Rh. The normalized spacial score (nSPS) is 7.86. The van der Waals surface area contributed by atoms with Crippen LogP contribution in [0.4, 0.5) is 0 Å². The zero-order valence-corrected chi connectivity index (χ0v) is 20.4. The molecule has 0 amide bonds. The van der Waals surface area contributed by atoms with Crippen molar-refractivity contribution in [3.05, 3.63) is 0 Å². The number of hydrogen-bond donors (Lipinski definition) is 0. The molecule has 0 aliphatic rings. The summed E-state index contributed by atoms with van der Waals surface area (Å²) in [6.07, 6.45) is -0.820. The Labute approximate surface area is 213 Å². The molecule has 0 heterocycles. The van der Waals surface area contributed by atoms with Crippen LogP contribution in [0.25, 0.3) is 0 Å². The molecule has 0 unspecified atom stereocenters. The minimum absolute atomic E-state index is 0. The standard InChI is InChI=1S/3C6H8O4.2CO.Rh/c3*1-4(7)2-3-5(8)6(9)10;2*1-2;/h3*2-3H2,1H3,(H,9,10);;;/q;;;;;+3/p-3. The monoisotopic (exact) mass is 588 g/mol. The maximum absolute atomic E-state index is 10.2. The van der Waals surface area contributed by atoms with Crippen LogP contribution in [-0.2, 0) is 72.2 Å². The zero-order chi connectivity index (χ0) is 28.4. The van der Waals surface area contributed by atoms with Gasteiger partial charge < -0.3 is 44.1 Å². The molecule has 0 atom stereocenters. The van der Waals surface area contributed by atoms with Crippen molar-refractivity contribution in [1.29, 1.82) is 0 Å². The van der Waals surface area contributed by atoms with Crippen LogP contribution in [0, 0.1) is 0 Å². The van der Waals surface area contributed by atoms with Gasteiger partial charge in [0.25, 0.3) is 13.6 Å². The number of carbonyl (C=O) groups excluding carboxylic acids is 11. The Morgan fingerprint density at radius 2 is 0.571 bits per heavy atom. The van der Waals surface area contributed by atoms with Crippen LogP contribution in [0.5, 0.6) is 0 Å². The summed E-state index contributed by atoms with van der Waals surface area (Å²) >= 11 is 0. The topological polar surface area (TPSA) is 257 Å². The predicted molar refractivity (Wildman–Crippen MR) is 101 cm³/mol. The fraction of sp³-hybridized carbons (Fsp3) is 0.450. The van der Waals surface area contributed by atoms with E-state index < -0.39 is 35.3 Å². The van der Waals surface area contributed by atoms with E-state index >= 15 is 0 Å². The maximum atomic E-state index is 10.2. The Bertz CT molecular complexity index is 645. The average Bonchev–Trinajstić information content (AvgIpc) is 2.77. The number of carboxylic acid groups (broad SMARTS) is 3. The van der Waals surface area contributed by atoms with Crippen molar-refractivity contribution in [2.45, 2.75) is 59.3 Å². The van der Waals surface area contributed by atoms with Crippen molar-refractivity contribution in [3.8, 4) is 0 Å². The van der Waals surface area contributed by atoms with E-state index in [1.165, 1.54) is 20.8 Å². The van der Waals surface area contributed by atoms with E-state index in [0.717, 1.165) is 0 Å². The third-order valence-corrected chi connectivity index (χ3v) is 2.80. The summed E-state index contributed by atoms with van der Waals surface area (Å²) in [4.78, 5) is 106. The number of rotatable bonds is 12. The minimum atomic E-state index is -1.72. The van der Waals surface area contributed by atoms with Gasteiger partial charge in [0.15, 0.2) is 17.3 Å². The maximum Gasteiger partial charge on any atom is 3.00 e. The summed E-state index contributed by atoms with van der Waals surface area (Å²) in [6, 6.07) is 0. The molecule has 4 radical (unpaired) electrons. The second kappa shape index (κ2) is 30.4. The van der Waals surface area contributed by atoms with Crippen LogP contribution in [0.1, 0.15) is 59.3 Å². The molecule has 0 aliphatic carbocycles. The van der Waals surface area contributed by atoms with Crippen molar-refractivity contribution >= 4 is 66.2 Å². The van der Waals surface area contributed by atoms with Gasteiger partial charge in [-0.05, 0) is 20.8 Å². The first kappa shape index (κ1) is 45.0. The second-order valence-electron chi connectivity index (χ2n) is 5.74. The summed E-state index contributed by atoms with van der Waals surface area (Å²) in [6.45, 7) is 12.9. The molecule has 0 N–H and O–H groups in total. The molecular weight excluding hydrogens is 567 g/mol. The average molecular weight is 588 g/mol. The third kappa shape index (κ3) is 44.8. The van der Waals surface area contributed by atoms with E-state index in [9.17, 15) is 58.5 Å². The molecule has 0 aliphatic heterocycles. The fourth-order valence-electron chi connectivity index (χ4n) is 1.17. The molecule has 0 aromatic heterocycles. The van der Waals surface area contributed by atoms with Crippen molar-refractivity contribution in [2.75, 3.05) is 0 Å². The number of ketones is 6. The quantitative estimate of drug-likeness (QED) is 0.153. The van der Waals surface area contributed by atoms with Crippen LogP contribution in [0.3, 0.4) is 0 Å². The SMILES string of the molecule is CC(=O)CCC(=O)C(=O)[O-].CC(=O)CCC(=O)C(=O)[O-].CC(=O)CCC(=O)C(=O)[O-].[C]=O.[C]=O.[Rh+3]. The molecule has 194 valence electrons. The van der Waals surface area contributed by atoms with Gasteiger partial charge in [0.05, 0.1) is 0 Å². The number of aliphatic carboxylic acids is 3. The molecule has 0 fully saturated rings. The Kier molecular flexibility index (Phi) is 39.1. The first-order valence-corrected chi connectivity index (χ1v) is 8.73. The second-order valence-corrected chi connectivity index (χ2v) is 5.74. The first-order valence-electron chi connectivity index (χ1n) is 8.73. The number of carboxylic acids is 3. The largest absolute Gasteiger partial charge is 3.00 e. The molecule has 0 aromatic rings. The molecule has 0 rings (SSSR count). The summed E-state index contributed by atoms with van der Waals surface area (Å²) in [5.74, 6) is -8.82. The van der Waals surface area contributed by atoms with Gasteiger partial charge in [0, 0.05) is 38.5 Å². The van der Waals surface area contributed by atoms with Crippen molar-refractivity contribution in [2.24, 2.45) is 0 Å². The van der Waals surface area contributed by atoms with Crippen LogP contribution >= 0.6 is 0 Å². The van der Waals surface area contributed by atoms with E-state index in [4.69, 9.17) is 9.59 Å². The van der Waals surface area contributed by atoms with E-state index in [1.54, 1.807) is 0 Å². The van der Waals surface area contributed by atoms with E-state index in [1.807, 2.05) is 0 Å². The van der Waals surface area contributed by atoms with Crippen LogP contribution < -0.4 is 15.3 Å². The van der Waals surface area contributed by atoms with E-state index in [2.05, 4.69) is 13.6 Å². The zero-order valence-electron chi connectivity index (χ0n) is 18.8. The Hall–Kier alpha value is -3.61. The number of hydrogen-bond acceptors (Lipinski definition) is 14. The number of carbonyl (C=O) groups is 9. The van der Waals surface area contributed by atoms with E-state index in [0.29, 0.717) is 0 Å². The molecule has 15 heteroatoms. The summed E-state index contributed by atoms with van der Waals surface area (Å²) in [5, 5.41) is 29.2. The van der Waals surface area contributed by atoms with Gasteiger partial charge in [-0.2, -0.15) is 0 Å². The molecule has 0 spiro atoms.